The van der Waals surface area contributed by atoms with Crippen molar-refractivity contribution in [3.8, 4) is 0 Å². The molecule has 1 aromatic heterocycles. The van der Waals surface area contributed by atoms with Gasteiger partial charge < -0.3 is 5.11 Å². The fourth-order valence-corrected chi connectivity index (χ4v) is 4.17. The van der Waals surface area contributed by atoms with Crippen LogP contribution in [-0.4, -0.2) is 21.3 Å². The highest BCUT2D eigenvalue weighted by Crippen LogP contribution is 2.40. The highest BCUT2D eigenvalue weighted by molar-refractivity contribution is 9.10. The fourth-order valence-electron chi connectivity index (χ4n) is 2.58. The van der Waals surface area contributed by atoms with Gasteiger partial charge in [0.15, 0.2) is 0 Å². The van der Waals surface area contributed by atoms with E-state index >= 15 is 0 Å². The number of hydrogen-bond acceptors (Lipinski definition) is 3. The van der Waals surface area contributed by atoms with Gasteiger partial charge in [-0.25, -0.2) is 4.98 Å². The molecule has 1 fully saturated rings. The number of hydrogen-bond donors (Lipinski definition) is 1. The number of carbonyl (C=O) groups is 1. The molecule has 0 bridgehead atoms. The normalized spacial score (nSPS) is 27.2. The second-order valence-corrected chi connectivity index (χ2v) is 7.18. The number of rotatable bonds is 4. The number of pyridine rings is 1. The lowest BCUT2D eigenvalue weighted by molar-refractivity contribution is -0.142. The van der Waals surface area contributed by atoms with E-state index in [0.717, 1.165) is 35.2 Å². The van der Waals surface area contributed by atoms with Gasteiger partial charge in [-0.3, -0.25) is 4.79 Å². The largest absolute Gasteiger partial charge is 0.481 e. The molecule has 0 amide bonds. The van der Waals surface area contributed by atoms with E-state index in [1.165, 1.54) is 0 Å². The molecule has 1 aromatic rings. The van der Waals surface area contributed by atoms with Crippen LogP contribution in [0.3, 0.4) is 0 Å². The number of carboxylic acids is 1. The zero-order valence-corrected chi connectivity index (χ0v) is 13.3. The Kier molecular flexibility index (Phi) is 5.28. The van der Waals surface area contributed by atoms with Crippen LogP contribution in [0.5, 0.6) is 0 Å². The van der Waals surface area contributed by atoms with E-state index < -0.39 is 5.97 Å². The van der Waals surface area contributed by atoms with Gasteiger partial charge in [0.05, 0.1) is 10.9 Å². The molecule has 3 atom stereocenters. The molecular formula is C14H18BrNO2S. The smallest absolute Gasteiger partial charge is 0.307 e. The molecule has 0 spiro atoms. The van der Waals surface area contributed by atoms with Gasteiger partial charge in [-0.1, -0.05) is 13.3 Å². The minimum Gasteiger partial charge on any atom is -0.481 e. The van der Waals surface area contributed by atoms with Crippen LogP contribution in [0.4, 0.5) is 0 Å². The van der Waals surface area contributed by atoms with Gasteiger partial charge in [-0.05, 0) is 53.2 Å². The van der Waals surface area contributed by atoms with Crippen LogP contribution in [0.1, 0.15) is 32.6 Å². The molecule has 5 heteroatoms. The first kappa shape index (κ1) is 14.9. The number of nitrogens with zero attached hydrogens (tertiary/aromatic N) is 1. The summed E-state index contributed by atoms with van der Waals surface area (Å²) in [7, 11) is 0. The zero-order chi connectivity index (χ0) is 13.8. The summed E-state index contributed by atoms with van der Waals surface area (Å²) in [5.41, 5.74) is 0. The van der Waals surface area contributed by atoms with Crippen LogP contribution >= 0.6 is 27.7 Å². The number of aromatic nitrogens is 1. The summed E-state index contributed by atoms with van der Waals surface area (Å²) in [4.78, 5) is 15.7. The highest BCUT2D eigenvalue weighted by Gasteiger charge is 2.35. The van der Waals surface area contributed by atoms with Crippen molar-refractivity contribution in [2.45, 2.75) is 42.9 Å². The first-order chi connectivity index (χ1) is 9.10. The molecule has 0 aromatic carbocycles. The Bertz CT molecular complexity index is 438. The minimum atomic E-state index is -0.663. The molecule has 0 radical (unpaired) electrons. The molecule has 1 N–H and O–H groups in total. The SMILES string of the molecule is CCC1CCC(C(=O)O)C(Sc2ccc(Br)cn2)C1. The molecule has 2 rings (SSSR count). The van der Waals surface area contributed by atoms with E-state index in [9.17, 15) is 9.90 Å². The molecule has 3 nitrogen and oxygen atoms in total. The van der Waals surface area contributed by atoms with E-state index in [-0.39, 0.29) is 11.2 Å². The van der Waals surface area contributed by atoms with E-state index in [0.29, 0.717) is 5.92 Å². The Labute approximate surface area is 126 Å². The molecule has 1 saturated carbocycles. The zero-order valence-electron chi connectivity index (χ0n) is 10.9. The van der Waals surface area contributed by atoms with Crippen LogP contribution in [0.25, 0.3) is 0 Å². The van der Waals surface area contributed by atoms with Gasteiger partial charge in [-0.15, -0.1) is 11.8 Å². The summed E-state index contributed by atoms with van der Waals surface area (Å²) in [6.07, 6.45) is 5.71. The predicted octanol–water partition coefficient (Wildman–Crippen LogP) is 4.22. The van der Waals surface area contributed by atoms with Crippen molar-refractivity contribution in [1.29, 1.82) is 0 Å². The summed E-state index contributed by atoms with van der Waals surface area (Å²) in [5, 5.41) is 10.4. The topological polar surface area (TPSA) is 50.2 Å². The summed E-state index contributed by atoms with van der Waals surface area (Å²) in [6, 6.07) is 3.90. The minimum absolute atomic E-state index is 0.143. The predicted molar refractivity (Wildman–Crippen MR) is 80.3 cm³/mol. The van der Waals surface area contributed by atoms with Crippen LogP contribution in [0, 0.1) is 11.8 Å². The lowest BCUT2D eigenvalue weighted by Gasteiger charge is -2.32. The van der Waals surface area contributed by atoms with Crippen LogP contribution in [-0.2, 0) is 4.79 Å². The van der Waals surface area contributed by atoms with Crippen molar-refractivity contribution in [3.63, 3.8) is 0 Å². The van der Waals surface area contributed by atoms with Crippen molar-refractivity contribution in [1.82, 2.24) is 4.98 Å². The lowest BCUT2D eigenvalue weighted by atomic mass is 9.80. The van der Waals surface area contributed by atoms with Crippen molar-refractivity contribution >= 4 is 33.7 Å². The Morgan fingerprint density at radius 2 is 2.32 bits per heavy atom. The Hall–Kier alpha value is -0.550. The van der Waals surface area contributed by atoms with E-state index in [4.69, 9.17) is 0 Å². The number of carboxylic acid groups (broad SMARTS) is 1. The van der Waals surface area contributed by atoms with Crippen LogP contribution < -0.4 is 0 Å². The summed E-state index contributed by atoms with van der Waals surface area (Å²) < 4.78 is 0.946. The maximum atomic E-state index is 11.4. The first-order valence-electron chi connectivity index (χ1n) is 6.61. The molecule has 0 saturated heterocycles. The third kappa shape index (κ3) is 3.96. The highest BCUT2D eigenvalue weighted by atomic mass is 79.9. The number of thioether (sulfide) groups is 1. The Balaban J connectivity index is 2.08. The van der Waals surface area contributed by atoms with Crippen molar-refractivity contribution in [3.05, 3.63) is 22.8 Å². The van der Waals surface area contributed by atoms with Crippen molar-refractivity contribution in [2.75, 3.05) is 0 Å². The summed E-state index contributed by atoms with van der Waals surface area (Å²) in [6.45, 7) is 2.19. The molecule has 1 aliphatic rings. The van der Waals surface area contributed by atoms with E-state index in [1.54, 1.807) is 18.0 Å². The summed E-state index contributed by atoms with van der Waals surface area (Å²) >= 11 is 4.98. The van der Waals surface area contributed by atoms with Gasteiger partial charge >= 0.3 is 5.97 Å². The average Bonchev–Trinajstić information content (AvgIpc) is 2.41. The molecule has 19 heavy (non-hydrogen) atoms. The second-order valence-electron chi connectivity index (χ2n) is 5.00. The van der Waals surface area contributed by atoms with E-state index in [1.807, 2.05) is 12.1 Å². The standard InChI is InChI=1S/C14H18BrNO2S/c1-2-9-3-5-11(14(17)18)12(7-9)19-13-6-4-10(15)8-16-13/h4,6,8-9,11-12H,2-3,5,7H2,1H3,(H,17,18). The van der Waals surface area contributed by atoms with Crippen LogP contribution in [0.2, 0.25) is 0 Å². The molecule has 1 aliphatic carbocycles. The Morgan fingerprint density at radius 3 is 2.89 bits per heavy atom. The maximum absolute atomic E-state index is 11.4. The van der Waals surface area contributed by atoms with Gasteiger partial charge in [0, 0.05) is 15.9 Å². The van der Waals surface area contributed by atoms with E-state index in [2.05, 4.69) is 27.8 Å². The molecular weight excluding hydrogens is 326 g/mol. The van der Waals surface area contributed by atoms with Gasteiger partial charge in [-0.2, -0.15) is 0 Å². The van der Waals surface area contributed by atoms with Gasteiger partial charge in [0.2, 0.25) is 0 Å². The lowest BCUT2D eigenvalue weighted by Crippen LogP contribution is -2.32. The molecule has 3 unspecified atom stereocenters. The van der Waals surface area contributed by atoms with Crippen molar-refractivity contribution < 1.29 is 9.90 Å². The summed E-state index contributed by atoms with van der Waals surface area (Å²) in [5.74, 6) is -0.244. The first-order valence-corrected chi connectivity index (χ1v) is 8.28. The van der Waals surface area contributed by atoms with Gasteiger partial charge in [0.1, 0.15) is 0 Å². The molecule has 0 aliphatic heterocycles. The average molecular weight is 344 g/mol. The second kappa shape index (κ2) is 6.75. The maximum Gasteiger partial charge on any atom is 0.307 e. The Morgan fingerprint density at radius 1 is 1.53 bits per heavy atom. The third-order valence-corrected chi connectivity index (χ3v) is 5.54. The quantitative estimate of drug-likeness (QED) is 0.889. The van der Waals surface area contributed by atoms with Gasteiger partial charge in [0.25, 0.3) is 0 Å². The third-order valence-electron chi connectivity index (χ3n) is 3.77. The molecule has 1 heterocycles. The fraction of sp³-hybridized carbons (Fsp3) is 0.571. The number of halogens is 1. The monoisotopic (exact) mass is 343 g/mol. The van der Waals surface area contributed by atoms with Crippen LogP contribution in [0.15, 0.2) is 27.8 Å². The number of aliphatic carboxylic acids is 1. The van der Waals surface area contributed by atoms with Crippen molar-refractivity contribution in [2.24, 2.45) is 11.8 Å². The molecule has 104 valence electrons.